The van der Waals surface area contributed by atoms with Gasteiger partial charge >= 0.3 is 0 Å². The summed E-state index contributed by atoms with van der Waals surface area (Å²) in [4.78, 5) is 0. The fourth-order valence-corrected chi connectivity index (χ4v) is 1.65. The largest absolute Gasteiger partial charge is 0.467 e. The monoisotopic (exact) mass is 198 g/mol. The van der Waals surface area contributed by atoms with Gasteiger partial charge in [0.1, 0.15) is 5.75 Å². The first-order chi connectivity index (χ1) is 6.20. The Bertz CT molecular complexity index is 336. The molecule has 0 saturated heterocycles. The van der Waals surface area contributed by atoms with Crippen LogP contribution in [0, 0.1) is 13.8 Å². The molecule has 2 nitrogen and oxygen atoms in total. The third kappa shape index (κ3) is 1.40. The van der Waals surface area contributed by atoms with Crippen molar-refractivity contribution in [2.24, 2.45) is 0 Å². The Hall–Kier alpha value is -0.730. The third-order valence-corrected chi connectivity index (χ3v) is 2.73. The molecule has 3 heteroatoms. The van der Waals surface area contributed by atoms with Crippen molar-refractivity contribution in [3.8, 4) is 5.75 Å². The van der Waals surface area contributed by atoms with Gasteiger partial charge in [0.15, 0.2) is 12.4 Å². The molecule has 1 heterocycles. The zero-order valence-corrected chi connectivity index (χ0v) is 8.39. The van der Waals surface area contributed by atoms with Crippen LogP contribution in [0.4, 0.5) is 0 Å². The smallest absolute Gasteiger partial charge is 0.191 e. The van der Waals surface area contributed by atoms with E-state index < -0.39 is 0 Å². The molecular formula is C10H11ClO2. The molecule has 1 aliphatic rings. The summed E-state index contributed by atoms with van der Waals surface area (Å²) in [6.07, 6.45) is 0. The summed E-state index contributed by atoms with van der Waals surface area (Å²) >= 11 is 5.97. The van der Waals surface area contributed by atoms with Crippen LogP contribution >= 0.6 is 11.6 Å². The number of halogens is 1. The predicted molar refractivity (Wildman–Crippen MR) is 51.1 cm³/mol. The maximum absolute atomic E-state index is 5.97. The molecule has 0 bridgehead atoms. The Balaban J connectivity index is 2.56. The number of hydrogen-bond donors (Lipinski definition) is 0. The summed E-state index contributed by atoms with van der Waals surface area (Å²) in [5, 5.41) is 0. The number of hydrogen-bond acceptors (Lipinski definition) is 2. The van der Waals surface area contributed by atoms with E-state index in [0.29, 0.717) is 0 Å². The minimum absolute atomic E-state index is 0.242. The van der Waals surface area contributed by atoms with Gasteiger partial charge in [-0.05, 0) is 25.0 Å². The predicted octanol–water partition coefficient (Wildman–Crippen LogP) is 2.91. The maximum atomic E-state index is 5.97. The molecule has 0 fully saturated rings. The maximum Gasteiger partial charge on any atom is 0.191 e. The van der Waals surface area contributed by atoms with Crippen molar-refractivity contribution in [1.82, 2.24) is 0 Å². The molecule has 0 N–H and O–H groups in total. The molecule has 70 valence electrons. The first kappa shape index (κ1) is 8.85. The van der Waals surface area contributed by atoms with Crippen LogP contribution in [0.5, 0.6) is 5.75 Å². The van der Waals surface area contributed by atoms with Crippen LogP contribution in [0.25, 0.3) is 0 Å². The van der Waals surface area contributed by atoms with Crippen molar-refractivity contribution in [2.75, 3.05) is 6.79 Å². The van der Waals surface area contributed by atoms with Gasteiger partial charge in [0.25, 0.3) is 0 Å². The van der Waals surface area contributed by atoms with E-state index in [9.17, 15) is 0 Å². The molecular weight excluding hydrogens is 188 g/mol. The van der Waals surface area contributed by atoms with Gasteiger partial charge in [-0.25, -0.2) is 0 Å². The van der Waals surface area contributed by atoms with Crippen LogP contribution in [0.2, 0.25) is 0 Å². The van der Waals surface area contributed by atoms with Gasteiger partial charge in [-0.3, -0.25) is 0 Å². The lowest BCUT2D eigenvalue weighted by Gasteiger charge is -2.24. The van der Waals surface area contributed by atoms with Gasteiger partial charge in [0, 0.05) is 5.56 Å². The lowest BCUT2D eigenvalue weighted by Crippen LogP contribution is -2.14. The Labute approximate surface area is 82.4 Å². The molecule has 1 unspecified atom stereocenters. The van der Waals surface area contributed by atoms with E-state index in [-0.39, 0.29) is 12.4 Å². The van der Waals surface area contributed by atoms with E-state index in [0.717, 1.165) is 16.9 Å². The molecule has 1 atom stereocenters. The van der Waals surface area contributed by atoms with Crippen LogP contribution < -0.4 is 4.74 Å². The highest BCUT2D eigenvalue weighted by Gasteiger charge is 2.21. The number of aryl methyl sites for hydroxylation is 1. The third-order valence-electron chi connectivity index (χ3n) is 2.37. The van der Waals surface area contributed by atoms with Gasteiger partial charge in [-0.2, -0.15) is 0 Å². The van der Waals surface area contributed by atoms with E-state index in [2.05, 4.69) is 6.92 Å². The molecule has 1 aliphatic heterocycles. The van der Waals surface area contributed by atoms with E-state index >= 15 is 0 Å². The van der Waals surface area contributed by atoms with Crippen LogP contribution in [0.3, 0.4) is 0 Å². The van der Waals surface area contributed by atoms with E-state index in [1.165, 1.54) is 5.56 Å². The van der Waals surface area contributed by atoms with Crippen LogP contribution in [0.15, 0.2) is 12.1 Å². The first-order valence-corrected chi connectivity index (χ1v) is 4.62. The van der Waals surface area contributed by atoms with Crippen molar-refractivity contribution >= 4 is 11.6 Å². The summed E-state index contributed by atoms with van der Waals surface area (Å²) < 4.78 is 10.5. The molecule has 13 heavy (non-hydrogen) atoms. The molecule has 0 aliphatic carbocycles. The summed E-state index contributed by atoms with van der Waals surface area (Å²) in [7, 11) is 0. The summed E-state index contributed by atoms with van der Waals surface area (Å²) in [6.45, 7) is 4.33. The lowest BCUT2D eigenvalue weighted by atomic mass is 10.0. The second kappa shape index (κ2) is 3.20. The van der Waals surface area contributed by atoms with E-state index in [1.807, 2.05) is 19.1 Å². The highest BCUT2D eigenvalue weighted by molar-refractivity contribution is 6.20. The van der Waals surface area contributed by atoms with Gasteiger partial charge in [0.05, 0.1) is 0 Å². The number of rotatable bonds is 0. The molecule has 2 rings (SSSR count). The molecule has 1 aromatic rings. The molecule has 0 saturated carbocycles. The minimum atomic E-state index is -0.372. The van der Waals surface area contributed by atoms with E-state index in [4.69, 9.17) is 21.1 Å². The highest BCUT2D eigenvalue weighted by atomic mass is 35.5. The molecule has 0 aromatic heterocycles. The normalized spacial score (nSPS) is 20.7. The van der Waals surface area contributed by atoms with Gasteiger partial charge in [0.2, 0.25) is 0 Å². The number of alkyl halides is 1. The van der Waals surface area contributed by atoms with Gasteiger partial charge < -0.3 is 9.47 Å². The topological polar surface area (TPSA) is 18.5 Å². The summed E-state index contributed by atoms with van der Waals surface area (Å²) in [5.74, 6) is 0.881. The molecule has 1 aromatic carbocycles. The average molecular weight is 199 g/mol. The fraction of sp³-hybridized carbons (Fsp3) is 0.400. The van der Waals surface area contributed by atoms with Crippen molar-refractivity contribution in [2.45, 2.75) is 19.4 Å². The lowest BCUT2D eigenvalue weighted by molar-refractivity contribution is -0.0249. The van der Waals surface area contributed by atoms with Crippen LogP contribution in [-0.2, 0) is 4.74 Å². The van der Waals surface area contributed by atoms with Crippen LogP contribution in [-0.4, -0.2) is 6.79 Å². The molecule has 0 spiro atoms. The standard InChI is InChI=1S/C10H11ClO2/c1-6-3-4-8-9(7(6)2)12-5-13-10(8)11/h3-4,10H,5H2,1-2H3. The summed E-state index contributed by atoms with van der Waals surface area (Å²) in [6, 6.07) is 3.98. The average Bonchev–Trinajstić information content (AvgIpc) is 2.12. The van der Waals surface area contributed by atoms with Gasteiger partial charge in [-0.1, -0.05) is 23.7 Å². The Kier molecular flexibility index (Phi) is 2.18. The van der Waals surface area contributed by atoms with Gasteiger partial charge in [-0.15, -0.1) is 0 Å². The summed E-state index contributed by atoms with van der Waals surface area (Å²) in [5.41, 5.74) is 2.91. The van der Waals surface area contributed by atoms with Crippen molar-refractivity contribution < 1.29 is 9.47 Å². The van der Waals surface area contributed by atoms with Crippen molar-refractivity contribution in [1.29, 1.82) is 0 Å². The molecule has 0 amide bonds. The number of ether oxygens (including phenoxy) is 2. The zero-order valence-electron chi connectivity index (χ0n) is 7.63. The van der Waals surface area contributed by atoms with Crippen molar-refractivity contribution in [3.05, 3.63) is 28.8 Å². The molecule has 0 radical (unpaired) electrons. The second-order valence-corrected chi connectivity index (χ2v) is 3.57. The number of benzene rings is 1. The first-order valence-electron chi connectivity index (χ1n) is 4.18. The van der Waals surface area contributed by atoms with Crippen molar-refractivity contribution in [3.63, 3.8) is 0 Å². The minimum Gasteiger partial charge on any atom is -0.467 e. The zero-order chi connectivity index (χ0) is 9.42. The second-order valence-electron chi connectivity index (χ2n) is 3.17. The Morgan fingerprint density at radius 3 is 2.92 bits per heavy atom. The Morgan fingerprint density at radius 2 is 2.15 bits per heavy atom. The quantitative estimate of drug-likeness (QED) is 0.597. The highest BCUT2D eigenvalue weighted by Crippen LogP contribution is 2.37. The fourth-order valence-electron chi connectivity index (χ4n) is 1.42. The van der Waals surface area contributed by atoms with Crippen LogP contribution in [0.1, 0.15) is 22.3 Å². The number of fused-ring (bicyclic) bond motifs is 1. The Morgan fingerprint density at radius 1 is 1.38 bits per heavy atom. The SMILES string of the molecule is Cc1ccc2c(c1C)OCOC2Cl. The van der Waals surface area contributed by atoms with E-state index in [1.54, 1.807) is 0 Å².